The number of hydrogen-bond donors (Lipinski definition) is 0. The number of allylic oxidation sites excluding steroid dienone is 2. The molecular formula is C20H12F16O. The second-order valence-corrected chi connectivity index (χ2v) is 8.01. The Balaban J connectivity index is 2.60. The Morgan fingerprint density at radius 3 is 1.54 bits per heavy atom. The van der Waals surface area contributed by atoms with Crippen molar-refractivity contribution in [2.24, 2.45) is 0 Å². The molecule has 1 saturated carbocycles. The zero-order valence-corrected chi connectivity index (χ0v) is 17.5. The average molecular weight is 572 g/mol. The number of Topliss-reactive ketones (excluding diaryl/α,β-unsaturated/α-hetero) is 1. The zero-order valence-electron chi connectivity index (χ0n) is 17.5. The standard InChI is InChI=1S/C20H12F16O/c21-13(11-8-10(6-7-12(11)37)9-4-2-1-3-5-9)14(22,23)15(24,25)16(26,27)17(28,29)18(30,31)19(32,33)20(34,35)36/h1-5,10H,6-8H2/b13-11-. The first-order chi connectivity index (χ1) is 16.4. The van der Waals surface area contributed by atoms with E-state index in [0.29, 0.717) is 0 Å². The molecule has 1 aliphatic carbocycles. The Hall–Kier alpha value is -2.49. The largest absolute Gasteiger partial charge is 0.460 e. The first-order valence-electron chi connectivity index (χ1n) is 9.70. The lowest BCUT2D eigenvalue weighted by atomic mass is 9.79. The molecule has 1 unspecified atom stereocenters. The molecule has 1 nitrogen and oxygen atoms in total. The van der Waals surface area contributed by atoms with Crippen molar-refractivity contribution in [3.63, 3.8) is 0 Å². The fraction of sp³-hybridized carbons (Fsp3) is 0.550. The van der Waals surface area contributed by atoms with Crippen molar-refractivity contribution < 1.29 is 75.0 Å². The van der Waals surface area contributed by atoms with E-state index in [9.17, 15) is 75.0 Å². The molecule has 0 spiro atoms. The van der Waals surface area contributed by atoms with Crippen LogP contribution in [0.4, 0.5) is 70.2 Å². The van der Waals surface area contributed by atoms with Gasteiger partial charge in [0, 0.05) is 12.0 Å². The molecule has 37 heavy (non-hydrogen) atoms. The van der Waals surface area contributed by atoms with Crippen LogP contribution in [0.15, 0.2) is 41.7 Å². The first-order valence-corrected chi connectivity index (χ1v) is 9.70. The molecule has 0 aromatic heterocycles. The molecule has 1 aliphatic rings. The third-order valence-corrected chi connectivity index (χ3v) is 5.65. The third kappa shape index (κ3) is 4.45. The number of benzene rings is 1. The highest BCUT2D eigenvalue weighted by atomic mass is 19.4. The molecule has 17 heteroatoms. The van der Waals surface area contributed by atoms with Gasteiger partial charge in [0.1, 0.15) is 0 Å². The van der Waals surface area contributed by atoms with Gasteiger partial charge in [-0.15, -0.1) is 0 Å². The molecule has 1 atom stereocenters. The minimum Gasteiger partial charge on any atom is -0.294 e. The molecule has 1 fully saturated rings. The van der Waals surface area contributed by atoms with Crippen LogP contribution < -0.4 is 0 Å². The minimum absolute atomic E-state index is 0.200. The molecule has 210 valence electrons. The summed E-state index contributed by atoms with van der Waals surface area (Å²) in [6.45, 7) is 0. The second-order valence-electron chi connectivity index (χ2n) is 8.01. The van der Waals surface area contributed by atoms with Gasteiger partial charge in [0.25, 0.3) is 0 Å². The lowest BCUT2D eigenvalue weighted by Gasteiger charge is -2.41. The molecule has 1 aromatic rings. The Morgan fingerprint density at radius 2 is 1.08 bits per heavy atom. The van der Waals surface area contributed by atoms with Crippen LogP contribution in [-0.2, 0) is 4.79 Å². The normalized spacial score (nSPS) is 20.8. The highest BCUT2D eigenvalue weighted by molar-refractivity contribution is 5.97. The summed E-state index contributed by atoms with van der Waals surface area (Å²) in [5.41, 5.74) is -1.70. The number of ketones is 1. The van der Waals surface area contributed by atoms with E-state index in [4.69, 9.17) is 0 Å². The highest BCUT2D eigenvalue weighted by Gasteiger charge is 2.93. The maximum absolute atomic E-state index is 14.5. The van der Waals surface area contributed by atoms with Crippen LogP contribution in [0.1, 0.15) is 30.7 Å². The Labute approximate surface area is 196 Å². The van der Waals surface area contributed by atoms with Gasteiger partial charge in [-0.3, -0.25) is 4.79 Å². The molecule has 0 radical (unpaired) electrons. The van der Waals surface area contributed by atoms with Crippen molar-refractivity contribution in [1.29, 1.82) is 0 Å². The van der Waals surface area contributed by atoms with Crippen molar-refractivity contribution in [2.75, 3.05) is 0 Å². The number of carbonyl (C=O) groups excluding carboxylic acids is 1. The first kappa shape index (κ1) is 30.7. The molecule has 0 saturated heterocycles. The number of hydrogen-bond acceptors (Lipinski definition) is 1. The van der Waals surface area contributed by atoms with Crippen molar-refractivity contribution in [2.45, 2.75) is 66.9 Å². The summed E-state index contributed by atoms with van der Waals surface area (Å²) in [4.78, 5) is 11.9. The summed E-state index contributed by atoms with van der Waals surface area (Å²) in [6, 6.07) is 6.80. The Bertz CT molecular complexity index is 1040. The average Bonchev–Trinajstić information content (AvgIpc) is 2.78. The van der Waals surface area contributed by atoms with Crippen molar-refractivity contribution >= 4 is 5.78 Å². The van der Waals surface area contributed by atoms with Crippen molar-refractivity contribution in [1.82, 2.24) is 0 Å². The highest BCUT2D eigenvalue weighted by Crippen LogP contribution is 2.63. The second kappa shape index (κ2) is 9.06. The molecule has 0 N–H and O–H groups in total. The SMILES string of the molecule is O=C1CCC(c2ccccc2)C/C1=C(/F)C(F)(F)C(F)(F)C(F)(F)C(F)(F)C(F)(F)C(F)(F)C(F)(F)F. The maximum atomic E-state index is 14.5. The molecule has 1 aromatic carbocycles. The van der Waals surface area contributed by atoms with E-state index in [-0.39, 0.29) is 12.0 Å². The molecule has 0 aliphatic heterocycles. The zero-order chi connectivity index (χ0) is 29.0. The lowest BCUT2D eigenvalue weighted by molar-refractivity contribution is -0.450. The summed E-state index contributed by atoms with van der Waals surface area (Å²) in [6.07, 6.45) is -9.95. The monoisotopic (exact) mass is 572 g/mol. The van der Waals surface area contributed by atoms with Gasteiger partial charge in [-0.1, -0.05) is 30.3 Å². The van der Waals surface area contributed by atoms with Gasteiger partial charge in [0.2, 0.25) is 0 Å². The van der Waals surface area contributed by atoms with Crippen LogP contribution in [-0.4, -0.2) is 47.5 Å². The van der Waals surface area contributed by atoms with E-state index in [2.05, 4.69) is 0 Å². The van der Waals surface area contributed by atoms with Crippen LogP contribution in [0, 0.1) is 0 Å². The Morgan fingerprint density at radius 1 is 0.649 bits per heavy atom. The number of carbonyl (C=O) groups is 1. The quantitative estimate of drug-likeness (QED) is 0.238. The molecule has 0 bridgehead atoms. The maximum Gasteiger partial charge on any atom is 0.460 e. The van der Waals surface area contributed by atoms with Gasteiger partial charge in [-0.25, -0.2) is 4.39 Å². The fourth-order valence-corrected chi connectivity index (χ4v) is 3.43. The summed E-state index contributed by atoms with van der Waals surface area (Å²) < 4.78 is 215. The predicted molar refractivity (Wildman–Crippen MR) is 91.9 cm³/mol. The van der Waals surface area contributed by atoms with E-state index >= 15 is 0 Å². The fourth-order valence-electron chi connectivity index (χ4n) is 3.43. The summed E-state index contributed by atoms with van der Waals surface area (Å²) in [5, 5.41) is 0. The number of halogens is 16. The van der Waals surface area contributed by atoms with Gasteiger partial charge < -0.3 is 0 Å². The molecular weight excluding hydrogens is 560 g/mol. The smallest absolute Gasteiger partial charge is 0.294 e. The summed E-state index contributed by atoms with van der Waals surface area (Å²) in [7, 11) is 0. The topological polar surface area (TPSA) is 17.1 Å². The van der Waals surface area contributed by atoms with Gasteiger partial charge in [0.05, 0.1) is 0 Å². The van der Waals surface area contributed by atoms with Crippen LogP contribution in [0.2, 0.25) is 0 Å². The summed E-state index contributed by atoms with van der Waals surface area (Å²) >= 11 is 0. The van der Waals surface area contributed by atoms with Gasteiger partial charge >= 0.3 is 41.7 Å². The molecule has 2 rings (SSSR count). The van der Waals surface area contributed by atoms with Gasteiger partial charge in [-0.05, 0) is 24.3 Å². The summed E-state index contributed by atoms with van der Waals surface area (Å²) in [5.74, 6) is -55.3. The number of alkyl halides is 15. The third-order valence-electron chi connectivity index (χ3n) is 5.65. The van der Waals surface area contributed by atoms with E-state index in [0.717, 1.165) is 0 Å². The Kier molecular flexibility index (Phi) is 7.53. The number of rotatable bonds is 7. The van der Waals surface area contributed by atoms with E-state index < -0.39 is 77.7 Å². The van der Waals surface area contributed by atoms with Crippen LogP contribution in [0.25, 0.3) is 0 Å². The van der Waals surface area contributed by atoms with Crippen LogP contribution >= 0.6 is 0 Å². The van der Waals surface area contributed by atoms with Crippen LogP contribution in [0.3, 0.4) is 0 Å². The van der Waals surface area contributed by atoms with Crippen molar-refractivity contribution in [3.05, 3.63) is 47.3 Å². The molecule has 0 amide bonds. The van der Waals surface area contributed by atoms with E-state index in [1.807, 2.05) is 0 Å². The lowest BCUT2D eigenvalue weighted by Crippen LogP contribution is -2.72. The molecule has 0 heterocycles. The van der Waals surface area contributed by atoms with Crippen LogP contribution in [0.5, 0.6) is 0 Å². The minimum atomic E-state index is -8.53. The van der Waals surface area contributed by atoms with E-state index in [1.54, 1.807) is 0 Å². The van der Waals surface area contributed by atoms with Crippen molar-refractivity contribution in [3.8, 4) is 0 Å². The van der Waals surface area contributed by atoms with Gasteiger partial charge in [0.15, 0.2) is 11.6 Å². The predicted octanol–water partition coefficient (Wildman–Crippen LogP) is 8.12. The van der Waals surface area contributed by atoms with Gasteiger partial charge in [-0.2, -0.15) is 65.9 Å². The van der Waals surface area contributed by atoms with E-state index in [1.165, 1.54) is 30.3 Å².